The van der Waals surface area contributed by atoms with Crippen LogP contribution in [0.5, 0.6) is 5.75 Å². The van der Waals surface area contributed by atoms with Crippen molar-refractivity contribution >= 4 is 11.6 Å². The van der Waals surface area contributed by atoms with Crippen molar-refractivity contribution in [3.63, 3.8) is 0 Å². The molecule has 0 aliphatic carbocycles. The Labute approximate surface area is 145 Å². The number of carbonyl (C=O) groups excluding carboxylic acids is 1. The summed E-state index contributed by atoms with van der Waals surface area (Å²) in [5.41, 5.74) is 2.27. The lowest BCUT2D eigenvalue weighted by molar-refractivity contribution is 0.0952. The minimum absolute atomic E-state index is 0.0380. The Hall–Kier alpha value is -3.15. The second-order valence-corrected chi connectivity index (χ2v) is 5.76. The van der Waals surface area contributed by atoms with Crippen molar-refractivity contribution in [3.05, 3.63) is 75.8 Å². The van der Waals surface area contributed by atoms with E-state index in [2.05, 4.69) is 10.3 Å². The summed E-state index contributed by atoms with van der Waals surface area (Å²) in [4.78, 5) is 28.9. The summed E-state index contributed by atoms with van der Waals surface area (Å²) < 4.78 is 6.49. The number of amides is 1. The van der Waals surface area contributed by atoms with E-state index in [1.54, 1.807) is 25.4 Å². The summed E-state index contributed by atoms with van der Waals surface area (Å²) in [5, 5.41) is 2.77. The van der Waals surface area contributed by atoms with Gasteiger partial charge in [0.2, 0.25) is 0 Å². The Morgan fingerprint density at radius 3 is 2.72 bits per heavy atom. The molecule has 6 heteroatoms. The van der Waals surface area contributed by atoms with Gasteiger partial charge in [0, 0.05) is 18.9 Å². The largest absolute Gasteiger partial charge is 0.497 e. The average Bonchev–Trinajstić information content (AvgIpc) is 2.62. The molecule has 2 aromatic heterocycles. The van der Waals surface area contributed by atoms with Crippen LogP contribution in [0.2, 0.25) is 0 Å². The lowest BCUT2D eigenvalue weighted by Crippen LogP contribution is -2.32. The highest BCUT2D eigenvalue weighted by Gasteiger charge is 2.12. The fourth-order valence-corrected chi connectivity index (χ4v) is 2.54. The topological polar surface area (TPSA) is 72.7 Å². The number of rotatable bonds is 5. The Balaban J connectivity index is 1.68. The molecule has 25 heavy (non-hydrogen) atoms. The molecular weight excluding hydrogens is 318 g/mol. The summed E-state index contributed by atoms with van der Waals surface area (Å²) in [6.45, 7) is 2.35. The molecule has 128 valence electrons. The number of benzene rings is 1. The monoisotopic (exact) mass is 337 g/mol. The molecule has 3 rings (SSSR count). The van der Waals surface area contributed by atoms with Crippen LogP contribution in [0.25, 0.3) is 5.65 Å². The number of aryl methyl sites for hydroxylation is 1. The highest BCUT2D eigenvalue weighted by atomic mass is 16.5. The molecule has 0 fully saturated rings. The van der Waals surface area contributed by atoms with Gasteiger partial charge in [-0.2, -0.15) is 0 Å². The van der Waals surface area contributed by atoms with Crippen LogP contribution in [0.3, 0.4) is 0 Å². The zero-order chi connectivity index (χ0) is 17.8. The molecule has 2 heterocycles. The lowest BCUT2D eigenvalue weighted by atomic mass is 10.1. The van der Waals surface area contributed by atoms with Gasteiger partial charge in [-0.05, 0) is 48.7 Å². The van der Waals surface area contributed by atoms with Gasteiger partial charge in [0.05, 0.1) is 7.11 Å². The first kappa shape index (κ1) is 16.7. The van der Waals surface area contributed by atoms with Gasteiger partial charge in [-0.25, -0.2) is 4.98 Å². The molecule has 6 nitrogen and oxygen atoms in total. The minimum atomic E-state index is -0.416. The van der Waals surface area contributed by atoms with Crippen LogP contribution in [-0.2, 0) is 6.42 Å². The Kier molecular flexibility index (Phi) is 4.79. The maximum Gasteiger partial charge on any atom is 0.270 e. The van der Waals surface area contributed by atoms with Crippen molar-refractivity contribution in [2.45, 2.75) is 13.3 Å². The second kappa shape index (κ2) is 7.17. The van der Waals surface area contributed by atoms with Gasteiger partial charge in [-0.1, -0.05) is 12.1 Å². The third-order valence-corrected chi connectivity index (χ3v) is 3.97. The van der Waals surface area contributed by atoms with Crippen LogP contribution in [0.15, 0.2) is 53.6 Å². The fourth-order valence-electron chi connectivity index (χ4n) is 2.54. The quantitative estimate of drug-likeness (QED) is 0.773. The number of ether oxygens (including phenoxy) is 1. The Morgan fingerprint density at radius 1 is 1.24 bits per heavy atom. The number of aromatic nitrogens is 2. The summed E-state index contributed by atoms with van der Waals surface area (Å²) in [7, 11) is 1.62. The summed E-state index contributed by atoms with van der Waals surface area (Å²) in [6.07, 6.45) is 3.63. The molecule has 0 radical (unpaired) electrons. The van der Waals surface area contributed by atoms with E-state index in [0.717, 1.165) is 16.9 Å². The standard InChI is InChI=1S/C19H19N3O3/c1-13-8-10-22-17(11-13)21-12-16(19(22)24)18(23)20-9-7-14-3-5-15(25-2)6-4-14/h3-6,8,10-12H,7,9H2,1-2H3,(H,20,23). The predicted octanol–water partition coefficient (Wildman–Crippen LogP) is 1.98. The molecule has 0 atom stereocenters. The second-order valence-electron chi connectivity index (χ2n) is 5.76. The fraction of sp³-hybridized carbons (Fsp3) is 0.211. The molecule has 0 saturated heterocycles. The van der Waals surface area contributed by atoms with Crippen LogP contribution < -0.4 is 15.6 Å². The number of carbonyl (C=O) groups is 1. The normalized spacial score (nSPS) is 10.6. The number of hydrogen-bond donors (Lipinski definition) is 1. The molecule has 0 unspecified atom stereocenters. The zero-order valence-electron chi connectivity index (χ0n) is 14.2. The number of hydrogen-bond acceptors (Lipinski definition) is 4. The van der Waals surface area contributed by atoms with Gasteiger partial charge in [0.1, 0.15) is 17.0 Å². The van der Waals surface area contributed by atoms with E-state index in [1.807, 2.05) is 31.2 Å². The SMILES string of the molecule is COc1ccc(CCNC(=O)c2cnc3cc(C)ccn3c2=O)cc1. The first-order valence-electron chi connectivity index (χ1n) is 7.97. The third-order valence-electron chi connectivity index (χ3n) is 3.97. The maximum atomic E-state index is 12.4. The Bertz CT molecular complexity index is 962. The molecule has 0 aliphatic heterocycles. The van der Waals surface area contributed by atoms with E-state index in [0.29, 0.717) is 18.6 Å². The number of nitrogens with zero attached hydrogens (tertiary/aromatic N) is 2. The van der Waals surface area contributed by atoms with Crippen LogP contribution >= 0.6 is 0 Å². The van der Waals surface area contributed by atoms with Crippen molar-refractivity contribution in [1.82, 2.24) is 14.7 Å². The van der Waals surface area contributed by atoms with Gasteiger partial charge < -0.3 is 10.1 Å². The molecule has 0 spiro atoms. The van der Waals surface area contributed by atoms with E-state index >= 15 is 0 Å². The lowest BCUT2D eigenvalue weighted by Gasteiger charge is -2.07. The van der Waals surface area contributed by atoms with Crippen molar-refractivity contribution < 1.29 is 9.53 Å². The molecule has 0 saturated carbocycles. The molecule has 1 aromatic carbocycles. The number of pyridine rings is 1. The maximum absolute atomic E-state index is 12.4. The van der Waals surface area contributed by atoms with Crippen LogP contribution in [0, 0.1) is 6.92 Å². The third kappa shape index (κ3) is 3.68. The first-order valence-corrected chi connectivity index (χ1v) is 7.97. The first-order chi connectivity index (χ1) is 12.1. The number of methoxy groups -OCH3 is 1. The van der Waals surface area contributed by atoms with Gasteiger partial charge >= 0.3 is 0 Å². The van der Waals surface area contributed by atoms with Gasteiger partial charge in [0.25, 0.3) is 11.5 Å². The average molecular weight is 337 g/mol. The van der Waals surface area contributed by atoms with E-state index in [1.165, 1.54) is 10.6 Å². The molecule has 1 amide bonds. The van der Waals surface area contributed by atoms with E-state index in [4.69, 9.17) is 4.74 Å². The van der Waals surface area contributed by atoms with E-state index < -0.39 is 5.91 Å². The van der Waals surface area contributed by atoms with E-state index in [-0.39, 0.29) is 11.1 Å². The van der Waals surface area contributed by atoms with Gasteiger partial charge in [-0.15, -0.1) is 0 Å². The zero-order valence-corrected chi connectivity index (χ0v) is 14.2. The predicted molar refractivity (Wildman–Crippen MR) is 95.2 cm³/mol. The van der Waals surface area contributed by atoms with Crippen molar-refractivity contribution in [2.75, 3.05) is 13.7 Å². The minimum Gasteiger partial charge on any atom is -0.497 e. The van der Waals surface area contributed by atoms with Crippen molar-refractivity contribution in [2.24, 2.45) is 0 Å². The van der Waals surface area contributed by atoms with Crippen LogP contribution in [0.4, 0.5) is 0 Å². The van der Waals surface area contributed by atoms with Gasteiger partial charge in [0.15, 0.2) is 0 Å². The highest BCUT2D eigenvalue weighted by molar-refractivity contribution is 5.93. The van der Waals surface area contributed by atoms with E-state index in [9.17, 15) is 9.59 Å². The molecule has 3 aromatic rings. The highest BCUT2D eigenvalue weighted by Crippen LogP contribution is 2.11. The summed E-state index contributed by atoms with van der Waals surface area (Å²) in [6, 6.07) is 11.2. The van der Waals surface area contributed by atoms with Crippen LogP contribution in [-0.4, -0.2) is 28.9 Å². The number of fused-ring (bicyclic) bond motifs is 1. The van der Waals surface area contributed by atoms with Gasteiger partial charge in [-0.3, -0.25) is 14.0 Å². The van der Waals surface area contributed by atoms with Crippen molar-refractivity contribution in [1.29, 1.82) is 0 Å². The summed E-state index contributed by atoms with van der Waals surface area (Å²) in [5.74, 6) is 0.374. The number of nitrogens with one attached hydrogen (secondary N) is 1. The van der Waals surface area contributed by atoms with Crippen molar-refractivity contribution in [3.8, 4) is 5.75 Å². The summed E-state index contributed by atoms with van der Waals surface area (Å²) >= 11 is 0. The van der Waals surface area contributed by atoms with Crippen LogP contribution in [0.1, 0.15) is 21.5 Å². The molecule has 0 aliphatic rings. The molecular formula is C19H19N3O3. The smallest absolute Gasteiger partial charge is 0.270 e. The molecule has 0 bridgehead atoms. The molecule has 1 N–H and O–H groups in total. The Morgan fingerprint density at radius 2 is 2.00 bits per heavy atom.